The van der Waals surface area contributed by atoms with Gasteiger partial charge < -0.3 is 13.9 Å². The van der Waals surface area contributed by atoms with Crippen molar-refractivity contribution < 1.29 is 13.9 Å². The lowest BCUT2D eigenvalue weighted by Gasteiger charge is -2.08. The fraction of sp³-hybridized carbons (Fsp3) is 0.0870. The van der Waals surface area contributed by atoms with Crippen molar-refractivity contribution in [3.63, 3.8) is 0 Å². The average Bonchev–Trinajstić information content (AvgIpc) is 2.73. The van der Waals surface area contributed by atoms with Gasteiger partial charge in [-0.3, -0.25) is 0 Å². The molecular weight excluding hydrogens is 376 g/mol. The molecule has 4 nitrogen and oxygen atoms in total. The highest BCUT2D eigenvalue weighted by Gasteiger charge is 2.09. The topological polar surface area (TPSA) is 48.7 Å². The van der Waals surface area contributed by atoms with E-state index in [1.54, 1.807) is 13.2 Å². The van der Waals surface area contributed by atoms with Crippen LogP contribution in [0.15, 0.2) is 82.0 Å². The zero-order chi connectivity index (χ0) is 19.5. The minimum Gasteiger partial charge on any atom is -0.497 e. The monoisotopic (exact) mass is 392 g/mol. The predicted octanol–water partition coefficient (Wildman–Crippen LogP) is 5.70. The van der Waals surface area contributed by atoms with Gasteiger partial charge in [-0.05, 0) is 53.6 Å². The fourth-order valence-corrected chi connectivity index (χ4v) is 3.03. The number of methoxy groups -OCH3 is 1. The van der Waals surface area contributed by atoms with Crippen LogP contribution >= 0.6 is 11.6 Å². The molecule has 0 saturated heterocycles. The molecule has 0 aliphatic heterocycles. The van der Waals surface area contributed by atoms with Crippen molar-refractivity contribution in [3.05, 3.63) is 93.8 Å². The van der Waals surface area contributed by atoms with E-state index in [2.05, 4.69) is 0 Å². The van der Waals surface area contributed by atoms with E-state index in [9.17, 15) is 4.79 Å². The number of fused-ring (bicyclic) bond motifs is 1. The summed E-state index contributed by atoms with van der Waals surface area (Å²) >= 11 is 5.89. The minimum absolute atomic E-state index is 0.396. The molecule has 28 heavy (non-hydrogen) atoms. The Morgan fingerprint density at radius 3 is 2.32 bits per heavy atom. The van der Waals surface area contributed by atoms with Crippen molar-refractivity contribution in [3.8, 4) is 22.6 Å². The summed E-state index contributed by atoms with van der Waals surface area (Å²) in [6, 6.07) is 22.0. The molecule has 0 atom stereocenters. The first kappa shape index (κ1) is 18.1. The standard InChI is InChI=1S/C23H17ClO4/c1-26-19-9-4-16(5-10-19)21-12-17-6-11-20(13-22(17)28-23(21)25)27-14-15-2-7-18(24)8-3-15/h2-13H,14H2,1H3. The van der Waals surface area contributed by atoms with Gasteiger partial charge in [0.05, 0.1) is 12.7 Å². The molecule has 5 heteroatoms. The maximum Gasteiger partial charge on any atom is 0.344 e. The van der Waals surface area contributed by atoms with Gasteiger partial charge >= 0.3 is 5.63 Å². The van der Waals surface area contributed by atoms with Crippen LogP contribution in [0.5, 0.6) is 11.5 Å². The Morgan fingerprint density at radius 2 is 1.61 bits per heavy atom. The summed E-state index contributed by atoms with van der Waals surface area (Å²) in [7, 11) is 1.60. The molecule has 140 valence electrons. The van der Waals surface area contributed by atoms with Gasteiger partial charge in [0.25, 0.3) is 0 Å². The first-order chi connectivity index (χ1) is 13.6. The van der Waals surface area contributed by atoms with Gasteiger partial charge in [-0.2, -0.15) is 0 Å². The number of hydrogen-bond acceptors (Lipinski definition) is 4. The molecule has 4 aromatic rings. The molecule has 0 aliphatic carbocycles. The lowest BCUT2D eigenvalue weighted by Crippen LogP contribution is -2.03. The molecule has 0 radical (unpaired) electrons. The van der Waals surface area contributed by atoms with Gasteiger partial charge in [-0.15, -0.1) is 0 Å². The Hall–Kier alpha value is -3.24. The molecule has 0 aliphatic rings. The van der Waals surface area contributed by atoms with Crippen molar-refractivity contribution in [2.75, 3.05) is 7.11 Å². The maximum atomic E-state index is 12.5. The first-order valence-electron chi connectivity index (χ1n) is 8.72. The quantitative estimate of drug-likeness (QED) is 0.409. The van der Waals surface area contributed by atoms with Gasteiger partial charge in [0.1, 0.15) is 23.7 Å². The van der Waals surface area contributed by atoms with Crippen LogP contribution in [0.1, 0.15) is 5.56 Å². The lowest BCUT2D eigenvalue weighted by molar-refractivity contribution is 0.306. The second kappa shape index (κ2) is 7.79. The molecule has 1 heterocycles. The zero-order valence-corrected chi connectivity index (χ0v) is 15.9. The van der Waals surface area contributed by atoms with Crippen LogP contribution in [-0.2, 0) is 6.61 Å². The van der Waals surface area contributed by atoms with Crippen LogP contribution in [-0.4, -0.2) is 7.11 Å². The molecule has 4 rings (SSSR count). The van der Waals surface area contributed by atoms with Gasteiger partial charge in [0.15, 0.2) is 0 Å². The molecule has 3 aromatic carbocycles. The summed E-state index contributed by atoms with van der Waals surface area (Å²) in [6.45, 7) is 0.400. The Bertz CT molecular complexity index is 1160. The number of benzene rings is 3. The third kappa shape index (κ3) is 3.87. The average molecular weight is 393 g/mol. The number of hydrogen-bond donors (Lipinski definition) is 0. The lowest BCUT2D eigenvalue weighted by atomic mass is 10.1. The zero-order valence-electron chi connectivity index (χ0n) is 15.1. The summed E-state index contributed by atoms with van der Waals surface area (Å²) in [6.07, 6.45) is 0. The summed E-state index contributed by atoms with van der Waals surface area (Å²) < 4.78 is 16.5. The number of rotatable bonds is 5. The van der Waals surface area contributed by atoms with E-state index in [-0.39, 0.29) is 0 Å². The SMILES string of the molecule is COc1ccc(-c2cc3ccc(OCc4ccc(Cl)cc4)cc3oc2=O)cc1. The van der Waals surface area contributed by atoms with E-state index >= 15 is 0 Å². The first-order valence-corrected chi connectivity index (χ1v) is 9.10. The van der Waals surface area contributed by atoms with Crippen LogP contribution in [0.25, 0.3) is 22.1 Å². The number of halogens is 1. The highest BCUT2D eigenvalue weighted by Crippen LogP contribution is 2.26. The molecule has 0 saturated carbocycles. The molecule has 0 spiro atoms. The maximum absolute atomic E-state index is 12.5. The van der Waals surface area contributed by atoms with Crippen LogP contribution < -0.4 is 15.1 Å². The van der Waals surface area contributed by atoms with Crippen molar-refractivity contribution in [1.29, 1.82) is 0 Å². The molecule has 0 bridgehead atoms. The Balaban J connectivity index is 1.59. The van der Waals surface area contributed by atoms with Crippen LogP contribution in [0.4, 0.5) is 0 Å². The normalized spacial score (nSPS) is 10.8. The highest BCUT2D eigenvalue weighted by atomic mass is 35.5. The summed E-state index contributed by atoms with van der Waals surface area (Å²) in [5, 5.41) is 1.51. The molecule has 0 N–H and O–H groups in total. The Morgan fingerprint density at radius 1 is 0.893 bits per heavy atom. The molecule has 0 amide bonds. The van der Waals surface area contributed by atoms with Crippen molar-refractivity contribution in [1.82, 2.24) is 0 Å². The van der Waals surface area contributed by atoms with E-state index < -0.39 is 5.63 Å². The van der Waals surface area contributed by atoms with E-state index in [0.717, 1.165) is 22.3 Å². The predicted molar refractivity (Wildman–Crippen MR) is 110 cm³/mol. The van der Waals surface area contributed by atoms with E-state index in [4.69, 9.17) is 25.5 Å². The highest BCUT2D eigenvalue weighted by molar-refractivity contribution is 6.30. The third-order valence-corrected chi connectivity index (χ3v) is 4.68. The molecule has 0 fully saturated rings. The molecule has 0 unspecified atom stereocenters. The van der Waals surface area contributed by atoms with Gasteiger partial charge in [0, 0.05) is 16.5 Å². The summed E-state index contributed by atoms with van der Waals surface area (Å²) in [5.41, 5.74) is 2.37. The van der Waals surface area contributed by atoms with Crippen molar-refractivity contribution in [2.24, 2.45) is 0 Å². The minimum atomic E-state index is -0.396. The summed E-state index contributed by atoms with van der Waals surface area (Å²) in [4.78, 5) is 12.5. The van der Waals surface area contributed by atoms with E-state index in [0.29, 0.717) is 28.5 Å². The molecular formula is C23H17ClO4. The second-order valence-corrected chi connectivity index (χ2v) is 6.73. The Labute approximate surface area is 166 Å². The Kier molecular flexibility index (Phi) is 5.04. The van der Waals surface area contributed by atoms with Crippen molar-refractivity contribution >= 4 is 22.6 Å². The van der Waals surface area contributed by atoms with Gasteiger partial charge in [-0.25, -0.2) is 4.79 Å². The van der Waals surface area contributed by atoms with Crippen LogP contribution in [0, 0.1) is 0 Å². The smallest absolute Gasteiger partial charge is 0.344 e. The van der Waals surface area contributed by atoms with Crippen LogP contribution in [0.3, 0.4) is 0 Å². The largest absolute Gasteiger partial charge is 0.497 e. The number of ether oxygens (including phenoxy) is 2. The van der Waals surface area contributed by atoms with E-state index in [1.807, 2.05) is 66.7 Å². The summed E-state index contributed by atoms with van der Waals surface area (Å²) in [5.74, 6) is 1.36. The van der Waals surface area contributed by atoms with E-state index in [1.165, 1.54) is 0 Å². The van der Waals surface area contributed by atoms with Crippen molar-refractivity contribution in [2.45, 2.75) is 6.61 Å². The van der Waals surface area contributed by atoms with Gasteiger partial charge in [-0.1, -0.05) is 35.9 Å². The molecule has 1 aromatic heterocycles. The second-order valence-electron chi connectivity index (χ2n) is 6.29. The fourth-order valence-electron chi connectivity index (χ4n) is 2.90. The van der Waals surface area contributed by atoms with Crippen LogP contribution in [0.2, 0.25) is 5.02 Å². The van der Waals surface area contributed by atoms with Gasteiger partial charge in [0.2, 0.25) is 0 Å². The third-order valence-electron chi connectivity index (χ3n) is 4.43.